The van der Waals surface area contributed by atoms with Crippen LogP contribution in [-0.4, -0.2) is 26.5 Å². The lowest BCUT2D eigenvalue weighted by Gasteiger charge is -2.34. The number of halogens is 12. The summed E-state index contributed by atoms with van der Waals surface area (Å²) in [6.07, 6.45) is -5.88. The van der Waals surface area contributed by atoms with Gasteiger partial charge in [0.05, 0.1) is 0 Å². The van der Waals surface area contributed by atoms with E-state index in [1.165, 1.54) is 0 Å². The zero-order chi connectivity index (χ0) is 15.2. The van der Waals surface area contributed by atoms with Crippen LogP contribution in [0.4, 0.5) is 30.7 Å². The number of alkyl halides is 12. The van der Waals surface area contributed by atoms with Gasteiger partial charge >= 0.3 is 26.5 Å². The molecule has 0 rings (SSSR count). The maximum absolute atomic E-state index is 12.9. The molecule has 110 valence electrons. The zero-order valence-corrected chi connectivity index (χ0v) is 11.2. The van der Waals surface area contributed by atoms with Gasteiger partial charge in [-0.25, -0.2) is 4.39 Å². The first-order chi connectivity index (χ1) is 7.46. The lowest BCUT2D eigenvalue weighted by Crippen LogP contribution is -2.56. The van der Waals surface area contributed by atoms with Gasteiger partial charge in [0.2, 0.25) is 0 Å². The Morgan fingerprint density at radius 2 is 1.00 bits per heavy atom. The Morgan fingerprint density at radius 3 is 1.22 bits per heavy atom. The van der Waals surface area contributed by atoms with Crippen LogP contribution >= 0.6 is 58.0 Å². The molecular weight excluding hydrogens is 386 g/mol. The SMILES string of the molecule is FC(F)(Cl)C(F)(Cl)C(F)(F)OC(F)(Cl)C(F)(Cl)Cl. The van der Waals surface area contributed by atoms with Crippen LogP contribution in [0.1, 0.15) is 0 Å². The van der Waals surface area contributed by atoms with E-state index in [2.05, 4.69) is 62.7 Å². The van der Waals surface area contributed by atoms with E-state index in [0.29, 0.717) is 0 Å². The van der Waals surface area contributed by atoms with Crippen molar-refractivity contribution >= 4 is 58.0 Å². The molecule has 1 nitrogen and oxygen atoms in total. The normalized spacial score (nSPS) is 21.3. The van der Waals surface area contributed by atoms with E-state index in [9.17, 15) is 30.7 Å². The lowest BCUT2D eigenvalue weighted by molar-refractivity contribution is -0.364. The van der Waals surface area contributed by atoms with Gasteiger partial charge in [-0.1, -0.05) is 34.8 Å². The lowest BCUT2D eigenvalue weighted by atomic mass is 10.3. The fourth-order valence-electron chi connectivity index (χ4n) is 0.448. The molecule has 18 heavy (non-hydrogen) atoms. The third-order valence-electron chi connectivity index (χ3n) is 1.31. The molecule has 0 aliphatic heterocycles. The van der Waals surface area contributed by atoms with Crippen molar-refractivity contribution in [1.29, 1.82) is 0 Å². The van der Waals surface area contributed by atoms with Gasteiger partial charge < -0.3 is 0 Å². The van der Waals surface area contributed by atoms with Gasteiger partial charge in [-0.2, -0.15) is 26.3 Å². The van der Waals surface area contributed by atoms with Crippen molar-refractivity contribution in [2.24, 2.45) is 0 Å². The minimum Gasteiger partial charge on any atom is -0.261 e. The quantitative estimate of drug-likeness (QED) is 0.461. The van der Waals surface area contributed by atoms with Crippen molar-refractivity contribution in [2.75, 3.05) is 0 Å². The maximum Gasteiger partial charge on any atom is 0.415 e. The second-order valence-electron chi connectivity index (χ2n) is 2.71. The van der Waals surface area contributed by atoms with E-state index < -0.39 is 26.5 Å². The van der Waals surface area contributed by atoms with Crippen LogP contribution in [0.2, 0.25) is 0 Å². The molecule has 0 aliphatic carbocycles. The average molecular weight is 386 g/mol. The maximum atomic E-state index is 12.9. The van der Waals surface area contributed by atoms with Crippen LogP contribution in [0.25, 0.3) is 0 Å². The summed E-state index contributed by atoms with van der Waals surface area (Å²) in [5.74, 6) is 0. The van der Waals surface area contributed by atoms with Crippen molar-refractivity contribution in [2.45, 2.75) is 26.5 Å². The minimum atomic E-state index is -5.88. The molecule has 2 unspecified atom stereocenters. The molecule has 2 atom stereocenters. The predicted molar refractivity (Wildman–Crippen MR) is 51.8 cm³/mol. The molecule has 0 amide bonds. The van der Waals surface area contributed by atoms with Gasteiger partial charge in [0, 0.05) is 0 Å². The molecule has 0 radical (unpaired) electrons. The van der Waals surface area contributed by atoms with Gasteiger partial charge in [-0.3, -0.25) is 4.74 Å². The Bertz CT molecular complexity index is 308. The standard InChI is InChI=1S/C5Cl5F7O/c6-1(11,3(9,13)14)5(16,17)18-4(10,15)2(7,8)12. The highest BCUT2D eigenvalue weighted by Crippen LogP contribution is 2.54. The Balaban J connectivity index is 5.33. The predicted octanol–water partition coefficient (Wildman–Crippen LogP) is 5.29. The molecule has 0 N–H and O–H groups in total. The number of hydrogen-bond acceptors (Lipinski definition) is 1. The molecule has 13 heteroatoms. The monoisotopic (exact) mass is 384 g/mol. The largest absolute Gasteiger partial charge is 0.415 e. The van der Waals surface area contributed by atoms with Crippen LogP contribution in [-0.2, 0) is 4.74 Å². The van der Waals surface area contributed by atoms with E-state index >= 15 is 0 Å². The van der Waals surface area contributed by atoms with E-state index in [0.717, 1.165) is 0 Å². The van der Waals surface area contributed by atoms with E-state index in [1.807, 2.05) is 0 Å². The van der Waals surface area contributed by atoms with Crippen LogP contribution < -0.4 is 0 Å². The van der Waals surface area contributed by atoms with Gasteiger partial charge in [0.1, 0.15) is 0 Å². The summed E-state index contributed by atoms with van der Waals surface area (Å²) in [4.78, 5) is 0. The van der Waals surface area contributed by atoms with Gasteiger partial charge in [-0.15, -0.1) is 0 Å². The molecule has 0 spiro atoms. The number of rotatable bonds is 5. The molecule has 0 aromatic heterocycles. The fraction of sp³-hybridized carbons (Fsp3) is 1.00. The molecular formula is C5Cl5F7O. The van der Waals surface area contributed by atoms with Crippen LogP contribution in [0.5, 0.6) is 0 Å². The number of hydrogen-bond donors (Lipinski definition) is 0. The minimum absolute atomic E-state index is 2.64. The van der Waals surface area contributed by atoms with Crippen molar-refractivity contribution in [1.82, 2.24) is 0 Å². The Hall–Kier alpha value is 0.920. The summed E-state index contributed by atoms with van der Waals surface area (Å²) in [7, 11) is 0. The first kappa shape index (κ1) is 18.9. The number of ether oxygens (including phenoxy) is 1. The third kappa shape index (κ3) is 3.73. The molecule has 0 aromatic rings. The second-order valence-corrected chi connectivity index (χ2v) is 5.42. The van der Waals surface area contributed by atoms with Crippen LogP contribution in [0.3, 0.4) is 0 Å². The molecule has 0 saturated heterocycles. The molecule has 0 fully saturated rings. The summed E-state index contributed by atoms with van der Waals surface area (Å²) in [6.45, 7) is 0. The molecule has 0 aromatic carbocycles. The molecule has 0 aliphatic rings. The smallest absolute Gasteiger partial charge is 0.261 e. The average Bonchev–Trinajstić information content (AvgIpc) is 1.96. The highest BCUT2D eigenvalue weighted by Gasteiger charge is 2.74. The van der Waals surface area contributed by atoms with Gasteiger partial charge in [0.15, 0.2) is 0 Å². The molecule has 0 bridgehead atoms. The highest BCUT2D eigenvalue weighted by molar-refractivity contribution is 6.51. The summed E-state index contributed by atoms with van der Waals surface area (Å²) in [5, 5.41) is -15.6. The summed E-state index contributed by atoms with van der Waals surface area (Å²) in [6, 6.07) is 0. The Kier molecular flexibility index (Phi) is 5.29. The summed E-state index contributed by atoms with van der Waals surface area (Å²) >= 11 is 21.0. The van der Waals surface area contributed by atoms with Crippen molar-refractivity contribution < 1.29 is 35.5 Å². The fourth-order valence-corrected chi connectivity index (χ4v) is 0.771. The van der Waals surface area contributed by atoms with E-state index in [-0.39, 0.29) is 0 Å². The zero-order valence-electron chi connectivity index (χ0n) is 7.44. The van der Waals surface area contributed by atoms with E-state index in [1.54, 1.807) is 0 Å². The van der Waals surface area contributed by atoms with Crippen LogP contribution in [0.15, 0.2) is 0 Å². The van der Waals surface area contributed by atoms with E-state index in [4.69, 9.17) is 0 Å². The van der Waals surface area contributed by atoms with Crippen molar-refractivity contribution in [3.05, 3.63) is 0 Å². The first-order valence-corrected chi connectivity index (χ1v) is 5.32. The van der Waals surface area contributed by atoms with Crippen molar-refractivity contribution in [3.63, 3.8) is 0 Å². The summed E-state index contributed by atoms with van der Waals surface area (Å²) < 4.78 is 86.8. The Labute approximate surface area is 120 Å². The highest BCUT2D eigenvalue weighted by atomic mass is 35.5. The van der Waals surface area contributed by atoms with Gasteiger partial charge in [0.25, 0.3) is 0 Å². The third-order valence-corrected chi connectivity index (χ3v) is 3.14. The first-order valence-electron chi connectivity index (χ1n) is 3.43. The van der Waals surface area contributed by atoms with Crippen LogP contribution in [0, 0.1) is 0 Å². The second kappa shape index (κ2) is 5.04. The summed E-state index contributed by atoms with van der Waals surface area (Å²) in [5.41, 5.74) is 0. The topological polar surface area (TPSA) is 9.23 Å². The Morgan fingerprint density at radius 1 is 0.667 bits per heavy atom. The van der Waals surface area contributed by atoms with Crippen molar-refractivity contribution in [3.8, 4) is 0 Å². The van der Waals surface area contributed by atoms with Gasteiger partial charge in [-0.05, 0) is 23.2 Å². The molecule has 0 saturated carbocycles. The molecule has 0 heterocycles.